The number of nitrogens with one attached hydrogen (secondary N) is 1. The number of hydrogen-bond donors (Lipinski definition) is 1. The van der Waals surface area contributed by atoms with Crippen molar-refractivity contribution in [1.29, 1.82) is 0 Å². The normalized spacial score (nSPS) is 11.3. The van der Waals surface area contributed by atoms with Gasteiger partial charge >= 0.3 is 0 Å². The molecule has 3 heterocycles. The van der Waals surface area contributed by atoms with Gasteiger partial charge in [0.15, 0.2) is 0 Å². The lowest BCUT2D eigenvalue weighted by atomic mass is 10.1. The van der Waals surface area contributed by atoms with Gasteiger partial charge in [0.25, 0.3) is 5.56 Å². The molecule has 0 aliphatic rings. The van der Waals surface area contributed by atoms with E-state index in [2.05, 4.69) is 15.3 Å². The molecule has 0 unspecified atom stereocenters. The van der Waals surface area contributed by atoms with E-state index in [1.807, 2.05) is 52.0 Å². The van der Waals surface area contributed by atoms with Crippen LogP contribution in [0.15, 0.2) is 29.1 Å². The lowest BCUT2D eigenvalue weighted by molar-refractivity contribution is -0.116. The Bertz CT molecular complexity index is 1350. The molecule has 0 fully saturated rings. The van der Waals surface area contributed by atoms with Crippen molar-refractivity contribution in [3.63, 3.8) is 0 Å². The van der Waals surface area contributed by atoms with E-state index in [1.165, 1.54) is 15.9 Å². The Labute approximate surface area is 172 Å². The largest absolute Gasteiger partial charge is 0.325 e. The van der Waals surface area contributed by atoms with Gasteiger partial charge in [0.2, 0.25) is 5.91 Å². The molecule has 6 nitrogen and oxygen atoms in total. The molecule has 7 heteroatoms. The lowest BCUT2D eigenvalue weighted by Gasteiger charge is -2.11. The molecule has 4 aromatic rings. The van der Waals surface area contributed by atoms with E-state index < -0.39 is 0 Å². The number of amides is 1. The average molecular weight is 407 g/mol. The number of benzene rings is 1. The third-order valence-electron chi connectivity index (χ3n) is 5.16. The van der Waals surface area contributed by atoms with Gasteiger partial charge in [0.1, 0.15) is 21.9 Å². The number of carbonyl (C=O) groups excluding carboxylic acids is 1. The first-order valence-electron chi connectivity index (χ1n) is 9.39. The molecule has 0 saturated carbocycles. The van der Waals surface area contributed by atoms with E-state index in [1.54, 1.807) is 6.92 Å². The summed E-state index contributed by atoms with van der Waals surface area (Å²) in [5.74, 6) is 0.253. The molecule has 4 rings (SSSR count). The highest BCUT2D eigenvalue weighted by molar-refractivity contribution is 7.25. The van der Waals surface area contributed by atoms with Crippen LogP contribution < -0.4 is 10.9 Å². The van der Waals surface area contributed by atoms with E-state index in [0.717, 1.165) is 38.3 Å². The number of aryl methyl sites for hydroxylation is 5. The summed E-state index contributed by atoms with van der Waals surface area (Å²) < 4.78 is 1.96. The fraction of sp³-hybridized carbons (Fsp3) is 0.273. The number of rotatable bonds is 3. The second-order valence-corrected chi connectivity index (χ2v) is 8.44. The summed E-state index contributed by atoms with van der Waals surface area (Å²) in [5, 5.41) is 3.79. The molecule has 148 valence electrons. The molecular weight excluding hydrogens is 384 g/mol. The number of nitrogens with zero attached hydrogens (tertiary/aromatic N) is 3. The summed E-state index contributed by atoms with van der Waals surface area (Å²) >= 11 is 1.34. The van der Waals surface area contributed by atoms with Crippen molar-refractivity contribution in [2.24, 2.45) is 0 Å². The van der Waals surface area contributed by atoms with Crippen LogP contribution in [0, 0.1) is 34.6 Å². The fourth-order valence-electron chi connectivity index (χ4n) is 3.52. The Morgan fingerprint density at radius 2 is 1.79 bits per heavy atom. The maximum Gasteiger partial charge on any atom is 0.272 e. The second kappa shape index (κ2) is 7.08. The maximum absolute atomic E-state index is 13.1. The van der Waals surface area contributed by atoms with Crippen LogP contribution in [-0.2, 0) is 11.3 Å². The van der Waals surface area contributed by atoms with Crippen molar-refractivity contribution in [2.45, 2.75) is 41.2 Å². The van der Waals surface area contributed by atoms with Gasteiger partial charge in [-0.1, -0.05) is 6.07 Å². The summed E-state index contributed by atoms with van der Waals surface area (Å²) in [5.41, 5.74) is 5.40. The van der Waals surface area contributed by atoms with Crippen LogP contribution >= 0.6 is 11.3 Å². The van der Waals surface area contributed by atoms with Crippen LogP contribution in [0.25, 0.3) is 20.4 Å². The highest BCUT2D eigenvalue weighted by atomic mass is 32.1. The predicted octanol–water partition coefficient (Wildman–Crippen LogP) is 4.19. The van der Waals surface area contributed by atoms with Crippen LogP contribution in [0.5, 0.6) is 0 Å². The van der Waals surface area contributed by atoms with Crippen LogP contribution in [0.3, 0.4) is 0 Å². The number of aromatic nitrogens is 3. The van der Waals surface area contributed by atoms with E-state index in [-0.39, 0.29) is 18.0 Å². The van der Waals surface area contributed by atoms with Crippen molar-refractivity contribution in [3.05, 3.63) is 62.8 Å². The van der Waals surface area contributed by atoms with Crippen LogP contribution in [0.4, 0.5) is 5.69 Å². The summed E-state index contributed by atoms with van der Waals surface area (Å²) in [6.07, 6.45) is 0. The van der Waals surface area contributed by atoms with Crippen molar-refractivity contribution in [2.75, 3.05) is 5.32 Å². The number of thiophene rings is 1. The first-order valence-corrected chi connectivity index (χ1v) is 10.2. The van der Waals surface area contributed by atoms with Gasteiger partial charge in [-0.3, -0.25) is 14.2 Å². The Morgan fingerprint density at radius 1 is 1.03 bits per heavy atom. The van der Waals surface area contributed by atoms with E-state index >= 15 is 0 Å². The summed E-state index contributed by atoms with van der Waals surface area (Å²) in [7, 11) is 0. The third kappa shape index (κ3) is 3.42. The van der Waals surface area contributed by atoms with E-state index in [9.17, 15) is 9.59 Å². The molecule has 3 aromatic heterocycles. The number of hydrogen-bond acceptors (Lipinski definition) is 5. The standard InChI is InChI=1S/C22H22N4O2S/c1-11-6-7-16(9-12(11)2)25-17(27)10-26-15(5)24-19-18-13(3)8-14(4)23-21(18)29-20(19)22(26)28/h6-9H,10H2,1-5H3,(H,25,27). The molecule has 0 bridgehead atoms. The lowest BCUT2D eigenvalue weighted by Crippen LogP contribution is -2.29. The van der Waals surface area contributed by atoms with Crippen LogP contribution in [0.1, 0.15) is 28.2 Å². The van der Waals surface area contributed by atoms with E-state index in [4.69, 9.17) is 0 Å². The number of carbonyl (C=O) groups is 1. The van der Waals surface area contributed by atoms with Crippen molar-refractivity contribution < 1.29 is 4.79 Å². The topological polar surface area (TPSA) is 76.9 Å². The third-order valence-corrected chi connectivity index (χ3v) is 6.22. The molecule has 0 aliphatic carbocycles. The van der Waals surface area contributed by atoms with Crippen molar-refractivity contribution in [1.82, 2.24) is 14.5 Å². The monoisotopic (exact) mass is 406 g/mol. The Kier molecular flexibility index (Phi) is 4.70. The van der Waals surface area contributed by atoms with Crippen molar-refractivity contribution in [3.8, 4) is 0 Å². The van der Waals surface area contributed by atoms with Gasteiger partial charge in [0.05, 0.1) is 5.52 Å². The van der Waals surface area contributed by atoms with Gasteiger partial charge in [-0.25, -0.2) is 9.97 Å². The number of fused-ring (bicyclic) bond motifs is 3. The quantitative estimate of drug-likeness (QED) is 0.553. The molecule has 0 radical (unpaired) electrons. The summed E-state index contributed by atoms with van der Waals surface area (Å²) in [4.78, 5) is 35.7. The average Bonchev–Trinajstić information content (AvgIpc) is 3.00. The highest BCUT2D eigenvalue weighted by Gasteiger charge is 2.18. The molecule has 1 N–H and O–H groups in total. The zero-order valence-corrected chi connectivity index (χ0v) is 17.9. The van der Waals surface area contributed by atoms with Gasteiger partial charge in [-0.05, 0) is 69.5 Å². The highest BCUT2D eigenvalue weighted by Crippen LogP contribution is 2.32. The van der Waals surface area contributed by atoms with Crippen molar-refractivity contribution >= 4 is 43.4 Å². The van der Waals surface area contributed by atoms with E-state index in [0.29, 0.717) is 16.0 Å². The second-order valence-electron chi connectivity index (χ2n) is 7.44. The van der Waals surface area contributed by atoms with Crippen LogP contribution in [-0.4, -0.2) is 20.4 Å². The molecule has 1 aromatic carbocycles. The van der Waals surface area contributed by atoms with Gasteiger partial charge in [0, 0.05) is 16.8 Å². The zero-order valence-electron chi connectivity index (χ0n) is 17.1. The first kappa shape index (κ1) is 19.3. The molecule has 0 aliphatic heterocycles. The first-order chi connectivity index (χ1) is 13.7. The zero-order chi connectivity index (χ0) is 20.9. The Hall–Kier alpha value is -3.06. The smallest absolute Gasteiger partial charge is 0.272 e. The van der Waals surface area contributed by atoms with Crippen LogP contribution in [0.2, 0.25) is 0 Å². The number of anilines is 1. The van der Waals surface area contributed by atoms with Gasteiger partial charge in [-0.15, -0.1) is 11.3 Å². The number of pyridine rings is 1. The minimum absolute atomic E-state index is 0.0831. The Balaban J connectivity index is 1.73. The maximum atomic E-state index is 13.1. The summed E-state index contributed by atoms with van der Waals surface area (Å²) in [6.45, 7) is 9.63. The molecule has 0 atom stereocenters. The van der Waals surface area contributed by atoms with Gasteiger partial charge < -0.3 is 5.32 Å². The van der Waals surface area contributed by atoms with Gasteiger partial charge in [-0.2, -0.15) is 0 Å². The SMILES string of the molecule is Cc1cc(C)c2c(n1)sc1c(=O)n(CC(=O)Nc3ccc(C)c(C)c3)c(C)nc12. The molecule has 29 heavy (non-hydrogen) atoms. The predicted molar refractivity (Wildman–Crippen MR) is 118 cm³/mol. The minimum Gasteiger partial charge on any atom is -0.325 e. The molecular formula is C22H22N4O2S. The summed E-state index contributed by atoms with van der Waals surface area (Å²) in [6, 6.07) is 7.74. The fourth-order valence-corrected chi connectivity index (χ4v) is 4.70. The molecule has 0 spiro atoms. The molecule has 1 amide bonds. The molecule has 0 saturated heterocycles. The Morgan fingerprint density at radius 3 is 2.52 bits per heavy atom. The minimum atomic E-state index is -0.258.